The van der Waals surface area contributed by atoms with E-state index >= 15 is 0 Å². The van der Waals surface area contributed by atoms with Gasteiger partial charge in [-0.15, -0.1) is 11.3 Å². The molecule has 1 fully saturated rings. The first-order chi connectivity index (χ1) is 35.6. The molecule has 0 unspecified atom stereocenters. The quantitative estimate of drug-likeness (QED) is 0.0335. The molecule has 4 heterocycles. The van der Waals surface area contributed by atoms with Crippen molar-refractivity contribution in [1.29, 1.82) is 0 Å². The third kappa shape index (κ3) is 13.3. The summed E-state index contributed by atoms with van der Waals surface area (Å²) in [6.45, 7) is 9.40. The average Bonchev–Trinajstić information content (AvgIpc) is 4.13. The second-order valence-electron chi connectivity index (χ2n) is 18.8. The first kappa shape index (κ1) is 52.7. The van der Waals surface area contributed by atoms with Crippen LogP contribution in [0.25, 0.3) is 32.6 Å². The van der Waals surface area contributed by atoms with Gasteiger partial charge in [-0.05, 0) is 106 Å². The minimum Gasteiger partial charge on any atom is -0.391 e. The molecule has 384 valence electrons. The van der Waals surface area contributed by atoms with Crippen LogP contribution in [-0.2, 0) is 14.4 Å². The first-order valence-electron chi connectivity index (χ1n) is 24.5. The topological polar surface area (TPSA) is 235 Å². The lowest BCUT2D eigenvalue weighted by Crippen LogP contribution is -2.59. The smallest absolute Gasteiger partial charge is 0.319 e. The second kappa shape index (κ2) is 24.0. The number of fused-ring (bicyclic) bond motifs is 1. The highest BCUT2D eigenvalue weighted by atomic mass is 32.2. The van der Waals surface area contributed by atoms with Gasteiger partial charge in [0.25, 0.3) is 5.91 Å². The van der Waals surface area contributed by atoms with Crippen molar-refractivity contribution >= 4 is 86.5 Å². The number of aromatic nitrogens is 4. The molecule has 74 heavy (non-hydrogen) atoms. The fourth-order valence-electron chi connectivity index (χ4n) is 8.89. The highest BCUT2D eigenvalue weighted by Crippen LogP contribution is 2.34. The van der Waals surface area contributed by atoms with Crippen LogP contribution in [0.2, 0.25) is 0 Å². The van der Waals surface area contributed by atoms with Gasteiger partial charge in [-0.25, -0.2) is 19.7 Å². The predicted molar refractivity (Wildman–Crippen MR) is 293 cm³/mol. The highest BCUT2D eigenvalue weighted by molar-refractivity contribution is 8.00. The van der Waals surface area contributed by atoms with Gasteiger partial charge in [-0.3, -0.25) is 19.2 Å². The van der Waals surface area contributed by atoms with Crippen molar-refractivity contribution in [3.8, 4) is 21.7 Å². The summed E-state index contributed by atoms with van der Waals surface area (Å²) in [5.74, 6) is -0.213. The van der Waals surface area contributed by atoms with E-state index in [0.29, 0.717) is 41.5 Å². The summed E-state index contributed by atoms with van der Waals surface area (Å²) in [6.07, 6.45) is 4.93. The van der Waals surface area contributed by atoms with Crippen molar-refractivity contribution < 1.29 is 29.1 Å². The van der Waals surface area contributed by atoms with Crippen molar-refractivity contribution in [1.82, 2.24) is 40.8 Å². The first-order valence-corrected chi connectivity index (χ1v) is 26.4. The second-order valence-corrected chi connectivity index (χ2v) is 21.4. The molecule has 1 aliphatic heterocycles. The molecule has 8 rings (SSSR count). The van der Waals surface area contributed by atoms with E-state index in [1.165, 1.54) is 18.2 Å². The number of unbranched alkanes of at least 4 members (excludes halogenated alkanes) is 2. The summed E-state index contributed by atoms with van der Waals surface area (Å²) >= 11 is 3.11. The Hall–Kier alpha value is -7.61. The molecule has 8 N–H and O–H groups in total. The number of thiazole rings is 1. The van der Waals surface area contributed by atoms with Crippen LogP contribution in [0.5, 0.6) is 0 Å². The lowest BCUT2D eigenvalue weighted by molar-refractivity contribution is -0.142. The number of likely N-dealkylation sites (tertiary alicyclic amines) is 1. The zero-order chi connectivity index (χ0) is 52.4. The van der Waals surface area contributed by atoms with Crippen molar-refractivity contribution in [2.45, 2.75) is 89.3 Å². The summed E-state index contributed by atoms with van der Waals surface area (Å²) < 4.78 is -0.760. The number of carbonyl (C=O) groups excluding carboxylic acids is 5. The third-order valence-electron chi connectivity index (χ3n) is 12.8. The van der Waals surface area contributed by atoms with E-state index in [1.54, 1.807) is 53.4 Å². The number of thioether (sulfide) groups is 1. The fraction of sp³-hybridized carbons (Fsp3) is 0.309. The molecule has 17 nitrogen and oxygen atoms in total. The molecule has 1 aliphatic rings. The number of urea groups is 1. The molecule has 4 atom stereocenters. The largest absolute Gasteiger partial charge is 0.391 e. The van der Waals surface area contributed by atoms with E-state index in [9.17, 15) is 29.1 Å². The summed E-state index contributed by atoms with van der Waals surface area (Å²) in [4.78, 5) is 85.4. The van der Waals surface area contributed by atoms with Crippen molar-refractivity contribution in [3.05, 3.63) is 138 Å². The number of nitrogens with zero attached hydrogens (tertiary/aromatic N) is 4. The Morgan fingerprint density at radius 3 is 2.39 bits per heavy atom. The Balaban J connectivity index is 0.748. The maximum Gasteiger partial charge on any atom is 0.319 e. The van der Waals surface area contributed by atoms with E-state index in [4.69, 9.17) is 0 Å². The average molecular weight is 1040 g/mol. The van der Waals surface area contributed by atoms with Crippen LogP contribution in [0.1, 0.15) is 81.0 Å². The lowest BCUT2D eigenvalue weighted by atomic mass is 10.0. The fourth-order valence-corrected chi connectivity index (χ4v) is 10.9. The SMILES string of the molecule is CC(=O)N[C@H](C(=O)N1C[C@H](O)C[C@H]1C(=O)N[C@@H](C)c1ccc(-c2scnc2C)cc1)C(C)(C)SCCCCCNC(=O)Nc1ccc(C(=O)Nc2cccc(Nc3cc(-c4c[nH]c5ccccc45)ncn3)c2)cc1. The molecule has 0 bridgehead atoms. The van der Waals surface area contributed by atoms with Crippen LogP contribution < -0.4 is 31.9 Å². The van der Waals surface area contributed by atoms with Gasteiger partial charge in [0, 0.05) is 82.5 Å². The Morgan fingerprint density at radius 1 is 0.865 bits per heavy atom. The standard InChI is InChI=1S/C55H61N11O6S2/c1-33(36-16-18-37(19-17-36)49-34(2)60-32-73-49)61-52(70)47-27-42(68)30-66(47)53(71)50(62-35(3)67)55(4,5)74-25-10-6-9-24-56-54(72)65-39-22-20-38(21-23-39)51(69)64-41-13-11-12-40(26-41)63-48-28-46(58-31-59-48)44-29-57-45-15-8-7-14-43(44)45/h7-8,11-23,26,28-29,31-33,42,47,50,57,68H,6,9-10,24-25,27,30H2,1-5H3,(H,61,70)(H,62,67)(H,64,69)(H2,56,65,72)(H,58,59,63)/t33-,42+,47-,50+/m0/s1. The normalized spacial score (nSPS) is 15.2. The molecule has 0 spiro atoms. The van der Waals surface area contributed by atoms with Crippen LogP contribution in [0.3, 0.4) is 0 Å². The summed E-state index contributed by atoms with van der Waals surface area (Å²) in [5.41, 5.74) is 9.71. The van der Waals surface area contributed by atoms with Gasteiger partial charge < -0.3 is 46.9 Å². The Labute approximate surface area is 438 Å². The molecular formula is C55H61N11O6S2. The Kier molecular flexibility index (Phi) is 17.1. The highest BCUT2D eigenvalue weighted by Gasteiger charge is 2.46. The monoisotopic (exact) mass is 1040 g/mol. The summed E-state index contributed by atoms with van der Waals surface area (Å²) in [7, 11) is 0. The molecule has 19 heteroatoms. The number of amides is 6. The number of β-amino-alcohol motifs (C(OH)–C–C–N with tert-alkyl or cyclic N) is 1. The number of nitrogens with one attached hydrogen (secondary N) is 7. The maximum absolute atomic E-state index is 14.3. The predicted octanol–water partition coefficient (Wildman–Crippen LogP) is 9.20. The minimum absolute atomic E-state index is 0.0226. The molecule has 4 aromatic carbocycles. The molecule has 7 aromatic rings. The Morgan fingerprint density at radius 2 is 1.64 bits per heavy atom. The van der Waals surface area contributed by atoms with Gasteiger partial charge in [-0.1, -0.05) is 55.0 Å². The van der Waals surface area contributed by atoms with Gasteiger partial charge >= 0.3 is 6.03 Å². The zero-order valence-corrected chi connectivity index (χ0v) is 43.5. The number of aryl methyl sites for hydroxylation is 1. The maximum atomic E-state index is 14.3. The molecule has 3 aromatic heterocycles. The number of rotatable bonds is 20. The van der Waals surface area contributed by atoms with Crippen LogP contribution in [0.4, 0.5) is 27.7 Å². The van der Waals surface area contributed by atoms with E-state index in [2.05, 4.69) is 51.8 Å². The molecule has 0 saturated carbocycles. The van der Waals surface area contributed by atoms with E-state index in [0.717, 1.165) is 62.4 Å². The Bertz CT molecular complexity index is 3110. The molecule has 1 saturated heterocycles. The van der Waals surface area contributed by atoms with Crippen LogP contribution in [0.15, 0.2) is 121 Å². The zero-order valence-electron chi connectivity index (χ0n) is 41.9. The van der Waals surface area contributed by atoms with Crippen molar-refractivity contribution in [2.24, 2.45) is 0 Å². The van der Waals surface area contributed by atoms with E-state index in [-0.39, 0.29) is 42.8 Å². The number of carbonyl (C=O) groups is 5. The van der Waals surface area contributed by atoms with Crippen LogP contribution >= 0.6 is 23.1 Å². The number of anilines is 4. The van der Waals surface area contributed by atoms with Gasteiger partial charge in [0.2, 0.25) is 17.7 Å². The molecular weight excluding hydrogens is 975 g/mol. The number of hydrogen-bond donors (Lipinski definition) is 8. The van der Waals surface area contributed by atoms with Crippen molar-refractivity contribution in [2.75, 3.05) is 34.8 Å². The third-order valence-corrected chi connectivity index (χ3v) is 15.3. The summed E-state index contributed by atoms with van der Waals surface area (Å²) in [6, 6.07) is 29.2. The number of aromatic amines is 1. The lowest BCUT2D eigenvalue weighted by Gasteiger charge is -2.37. The van der Waals surface area contributed by atoms with Crippen LogP contribution in [0, 0.1) is 6.92 Å². The molecule has 0 radical (unpaired) electrons. The number of hydrogen-bond acceptors (Lipinski definition) is 12. The van der Waals surface area contributed by atoms with Gasteiger partial charge in [0.15, 0.2) is 0 Å². The molecule has 6 amide bonds. The van der Waals surface area contributed by atoms with Gasteiger partial charge in [0.1, 0.15) is 24.2 Å². The number of aliphatic hydroxyl groups is 1. The minimum atomic E-state index is -0.955. The number of para-hydroxylation sites is 1. The summed E-state index contributed by atoms with van der Waals surface area (Å²) in [5, 5.41) is 29.6. The molecule has 0 aliphatic carbocycles. The number of aliphatic hydroxyl groups excluding tert-OH is 1. The van der Waals surface area contributed by atoms with Crippen molar-refractivity contribution in [3.63, 3.8) is 0 Å². The number of benzene rings is 4. The van der Waals surface area contributed by atoms with E-state index < -0.39 is 28.8 Å². The number of H-pyrrole nitrogens is 1. The van der Waals surface area contributed by atoms with Gasteiger partial charge in [0.05, 0.1) is 33.9 Å². The van der Waals surface area contributed by atoms with Crippen LogP contribution in [-0.4, -0.2) is 101 Å². The van der Waals surface area contributed by atoms with Gasteiger partial charge in [-0.2, -0.15) is 11.8 Å². The van der Waals surface area contributed by atoms with E-state index in [1.807, 2.05) is 112 Å².